The summed E-state index contributed by atoms with van der Waals surface area (Å²) in [6.45, 7) is 11.5. The van der Waals surface area contributed by atoms with E-state index >= 15 is 0 Å². The summed E-state index contributed by atoms with van der Waals surface area (Å²) >= 11 is 0. The lowest BCUT2D eigenvalue weighted by atomic mass is 9.98. The molecule has 2 aromatic carbocycles. The number of ether oxygens (including phenoxy) is 2. The standard InChI is InChI=1S/C35H47N5O4/c1-24-12-16-36-22-28(24)23-40(29-8-10-31(43-7)11-9-29)30-14-18-39(19-15-30)27(4)13-17-37-34(41)33-25(2)20-32(21-26(33)3)44-35(42)38(5)6/h8-12,16,20-22,27,30H,13-15,17-19,23H2,1-7H3,(H,37,41)/t27-/m1/s1. The predicted octanol–water partition coefficient (Wildman–Crippen LogP) is 5.76. The molecule has 1 aliphatic heterocycles. The molecule has 2 heterocycles. The van der Waals surface area contributed by atoms with Gasteiger partial charge in [-0.3, -0.25) is 9.78 Å². The van der Waals surface area contributed by atoms with Gasteiger partial charge < -0.3 is 29.5 Å². The fourth-order valence-corrected chi connectivity index (χ4v) is 5.89. The summed E-state index contributed by atoms with van der Waals surface area (Å²) in [4.78, 5) is 35.8. The van der Waals surface area contributed by atoms with Crippen molar-refractivity contribution in [3.63, 3.8) is 0 Å². The molecule has 44 heavy (non-hydrogen) atoms. The minimum atomic E-state index is -0.448. The normalized spacial score (nSPS) is 14.5. The zero-order valence-electron chi connectivity index (χ0n) is 27.2. The van der Waals surface area contributed by atoms with Gasteiger partial charge in [0, 0.05) is 76.0 Å². The molecule has 3 aromatic rings. The number of likely N-dealkylation sites (tertiary alicyclic amines) is 1. The van der Waals surface area contributed by atoms with E-state index in [9.17, 15) is 9.59 Å². The van der Waals surface area contributed by atoms with Crippen molar-refractivity contribution in [2.45, 2.75) is 65.6 Å². The van der Waals surface area contributed by atoms with E-state index in [-0.39, 0.29) is 5.91 Å². The van der Waals surface area contributed by atoms with Crippen molar-refractivity contribution in [3.8, 4) is 11.5 Å². The molecule has 0 radical (unpaired) electrons. The molecule has 0 bridgehead atoms. The molecule has 0 saturated carbocycles. The van der Waals surface area contributed by atoms with Crippen LogP contribution in [0.4, 0.5) is 10.5 Å². The summed E-state index contributed by atoms with van der Waals surface area (Å²) < 4.78 is 10.8. The minimum Gasteiger partial charge on any atom is -0.497 e. The number of piperidine rings is 1. The first-order chi connectivity index (χ1) is 21.1. The lowest BCUT2D eigenvalue weighted by Gasteiger charge is -2.42. The van der Waals surface area contributed by atoms with E-state index in [2.05, 4.69) is 52.1 Å². The lowest BCUT2D eigenvalue weighted by Crippen LogP contribution is -2.48. The van der Waals surface area contributed by atoms with Crippen LogP contribution in [-0.4, -0.2) is 79.7 Å². The molecule has 1 aliphatic rings. The Labute approximate surface area is 262 Å². The van der Waals surface area contributed by atoms with Crippen molar-refractivity contribution in [1.82, 2.24) is 20.1 Å². The Hall–Kier alpha value is -4.11. The summed E-state index contributed by atoms with van der Waals surface area (Å²) in [5.41, 5.74) is 5.87. The molecule has 2 amide bonds. The van der Waals surface area contributed by atoms with Crippen molar-refractivity contribution >= 4 is 17.7 Å². The molecule has 1 saturated heterocycles. The van der Waals surface area contributed by atoms with Crippen molar-refractivity contribution in [2.75, 3.05) is 45.7 Å². The Balaban J connectivity index is 1.32. The van der Waals surface area contributed by atoms with Crippen LogP contribution in [0.3, 0.4) is 0 Å². The highest BCUT2D eigenvalue weighted by Crippen LogP contribution is 2.29. The van der Waals surface area contributed by atoms with Crippen LogP contribution in [0.5, 0.6) is 11.5 Å². The average molecular weight is 602 g/mol. The van der Waals surface area contributed by atoms with Gasteiger partial charge in [0.05, 0.1) is 7.11 Å². The number of methoxy groups -OCH3 is 1. The van der Waals surface area contributed by atoms with Gasteiger partial charge in [0.2, 0.25) is 0 Å². The molecular weight excluding hydrogens is 554 g/mol. The van der Waals surface area contributed by atoms with E-state index in [0.29, 0.717) is 29.9 Å². The minimum absolute atomic E-state index is 0.0998. The summed E-state index contributed by atoms with van der Waals surface area (Å²) in [6.07, 6.45) is 6.37. The highest BCUT2D eigenvalue weighted by atomic mass is 16.6. The number of nitrogens with zero attached hydrogens (tertiary/aromatic N) is 4. The van der Waals surface area contributed by atoms with Crippen molar-refractivity contribution in [1.29, 1.82) is 0 Å². The van der Waals surface area contributed by atoms with Crippen LogP contribution in [0.1, 0.15) is 58.8 Å². The van der Waals surface area contributed by atoms with Crippen LogP contribution < -0.4 is 19.7 Å². The van der Waals surface area contributed by atoms with Gasteiger partial charge in [0.25, 0.3) is 5.91 Å². The second-order valence-electron chi connectivity index (χ2n) is 12.0. The molecular formula is C35H47N5O4. The van der Waals surface area contributed by atoms with Gasteiger partial charge >= 0.3 is 6.09 Å². The van der Waals surface area contributed by atoms with Crippen LogP contribution in [-0.2, 0) is 6.54 Å². The largest absolute Gasteiger partial charge is 0.497 e. The first-order valence-electron chi connectivity index (χ1n) is 15.4. The van der Waals surface area contributed by atoms with Gasteiger partial charge in [-0.05, 0) is 112 Å². The highest BCUT2D eigenvalue weighted by molar-refractivity contribution is 5.97. The van der Waals surface area contributed by atoms with Crippen LogP contribution in [0.15, 0.2) is 54.9 Å². The zero-order chi connectivity index (χ0) is 31.8. The van der Waals surface area contributed by atoms with E-state index in [1.165, 1.54) is 21.7 Å². The fourth-order valence-electron chi connectivity index (χ4n) is 5.89. The summed E-state index contributed by atoms with van der Waals surface area (Å²) in [5, 5.41) is 3.11. The van der Waals surface area contributed by atoms with E-state index < -0.39 is 6.09 Å². The number of pyridine rings is 1. The maximum Gasteiger partial charge on any atom is 0.414 e. The fraction of sp³-hybridized carbons (Fsp3) is 0.457. The first kappa shape index (κ1) is 32.8. The molecule has 0 unspecified atom stereocenters. The molecule has 1 fully saturated rings. The van der Waals surface area contributed by atoms with Crippen LogP contribution in [0.2, 0.25) is 0 Å². The first-order valence-corrected chi connectivity index (χ1v) is 15.4. The van der Waals surface area contributed by atoms with Crippen molar-refractivity contribution in [3.05, 3.63) is 82.7 Å². The third-order valence-corrected chi connectivity index (χ3v) is 8.61. The highest BCUT2D eigenvalue weighted by Gasteiger charge is 2.28. The van der Waals surface area contributed by atoms with E-state index in [1.54, 1.807) is 33.3 Å². The van der Waals surface area contributed by atoms with Crippen LogP contribution in [0, 0.1) is 20.8 Å². The number of aryl methyl sites for hydroxylation is 3. The van der Waals surface area contributed by atoms with E-state index in [0.717, 1.165) is 55.8 Å². The average Bonchev–Trinajstić information content (AvgIpc) is 3.00. The Bertz CT molecular complexity index is 1390. The third kappa shape index (κ3) is 8.29. The van der Waals surface area contributed by atoms with Crippen LogP contribution in [0.25, 0.3) is 0 Å². The van der Waals surface area contributed by atoms with Crippen molar-refractivity contribution < 1.29 is 19.1 Å². The van der Waals surface area contributed by atoms with Crippen LogP contribution >= 0.6 is 0 Å². The third-order valence-electron chi connectivity index (χ3n) is 8.61. The number of carbonyl (C=O) groups is 2. The summed E-state index contributed by atoms with van der Waals surface area (Å²) in [7, 11) is 4.96. The van der Waals surface area contributed by atoms with Gasteiger partial charge in [0.15, 0.2) is 0 Å². The molecule has 4 rings (SSSR count). The van der Waals surface area contributed by atoms with Gasteiger partial charge in [-0.25, -0.2) is 4.79 Å². The number of carbonyl (C=O) groups excluding carboxylic acids is 2. The molecule has 9 heteroatoms. The molecule has 0 spiro atoms. The topological polar surface area (TPSA) is 87.2 Å². The maximum atomic E-state index is 13.1. The van der Waals surface area contributed by atoms with E-state index in [4.69, 9.17) is 9.47 Å². The number of benzene rings is 2. The molecule has 236 valence electrons. The molecule has 1 atom stereocenters. The summed E-state index contributed by atoms with van der Waals surface area (Å²) in [5.74, 6) is 1.19. The van der Waals surface area contributed by atoms with E-state index in [1.807, 2.05) is 38.4 Å². The quantitative estimate of drug-likeness (QED) is 0.299. The molecule has 9 nitrogen and oxygen atoms in total. The Morgan fingerprint density at radius 2 is 1.66 bits per heavy atom. The Morgan fingerprint density at radius 3 is 2.25 bits per heavy atom. The second kappa shape index (κ2) is 15.1. The monoisotopic (exact) mass is 601 g/mol. The second-order valence-corrected chi connectivity index (χ2v) is 12.0. The van der Waals surface area contributed by atoms with Gasteiger partial charge in [-0.15, -0.1) is 0 Å². The molecule has 1 aromatic heterocycles. The van der Waals surface area contributed by atoms with Gasteiger partial charge in [-0.1, -0.05) is 0 Å². The smallest absolute Gasteiger partial charge is 0.414 e. The summed E-state index contributed by atoms with van der Waals surface area (Å²) in [6, 6.07) is 14.7. The number of rotatable bonds is 11. The SMILES string of the molecule is COc1ccc(N(Cc2cnccc2C)C2CCN([C@H](C)CCNC(=O)c3c(C)cc(OC(=O)N(C)C)cc3C)CC2)cc1. The van der Waals surface area contributed by atoms with Crippen molar-refractivity contribution in [2.24, 2.45) is 0 Å². The Kier molecular flexibility index (Phi) is 11.2. The Morgan fingerprint density at radius 1 is 1.00 bits per heavy atom. The number of anilines is 1. The van der Waals surface area contributed by atoms with Gasteiger partial charge in [-0.2, -0.15) is 0 Å². The number of nitrogens with one attached hydrogen (secondary N) is 1. The zero-order valence-corrected chi connectivity index (χ0v) is 27.2. The maximum absolute atomic E-state index is 13.1. The molecule has 1 N–H and O–H groups in total. The number of amides is 2. The van der Waals surface area contributed by atoms with Gasteiger partial charge in [0.1, 0.15) is 11.5 Å². The number of aromatic nitrogens is 1. The number of hydrogen-bond acceptors (Lipinski definition) is 7. The number of hydrogen-bond donors (Lipinski definition) is 1. The predicted molar refractivity (Wildman–Crippen MR) is 175 cm³/mol. The molecule has 0 aliphatic carbocycles. The lowest BCUT2D eigenvalue weighted by molar-refractivity contribution is 0.0944.